The molecule has 0 bridgehead atoms. The van der Waals surface area contributed by atoms with Crippen molar-refractivity contribution in [1.82, 2.24) is 0 Å². The maximum Gasteiger partial charge on any atom is 0.132 e. The van der Waals surface area contributed by atoms with E-state index in [1.165, 1.54) is 13.2 Å². The normalized spacial score (nSPS) is 12.3. The molecule has 0 saturated carbocycles. The standard InChI is InChI=1S/C16H17ClFNO/c1-9-7-14(17)10(2)6-13(9)16(19)12-5-4-11(20-3)8-15(12)18/h4-8,16H,19H2,1-3H3. The first-order chi connectivity index (χ1) is 9.43. The molecule has 0 amide bonds. The highest BCUT2D eigenvalue weighted by Gasteiger charge is 2.17. The van der Waals surface area contributed by atoms with Gasteiger partial charge in [-0.1, -0.05) is 23.7 Å². The second-order valence-corrected chi connectivity index (χ2v) is 5.23. The van der Waals surface area contributed by atoms with Crippen molar-refractivity contribution >= 4 is 11.6 Å². The molecule has 2 N–H and O–H groups in total. The van der Waals surface area contributed by atoms with Gasteiger partial charge < -0.3 is 10.5 Å². The Morgan fingerprint density at radius 2 is 1.80 bits per heavy atom. The third kappa shape index (κ3) is 2.79. The summed E-state index contributed by atoms with van der Waals surface area (Å²) in [6.45, 7) is 3.82. The van der Waals surface area contributed by atoms with Gasteiger partial charge in [-0.25, -0.2) is 4.39 Å². The van der Waals surface area contributed by atoms with Crippen LogP contribution >= 0.6 is 11.6 Å². The highest BCUT2D eigenvalue weighted by molar-refractivity contribution is 6.31. The number of nitrogens with two attached hydrogens (primary N) is 1. The van der Waals surface area contributed by atoms with Gasteiger partial charge in [0, 0.05) is 16.7 Å². The molecule has 2 aromatic rings. The third-order valence-corrected chi connectivity index (χ3v) is 3.83. The van der Waals surface area contributed by atoms with Crippen molar-refractivity contribution in [2.75, 3.05) is 7.11 Å². The van der Waals surface area contributed by atoms with Crippen LogP contribution in [0.15, 0.2) is 30.3 Å². The molecule has 0 radical (unpaired) electrons. The van der Waals surface area contributed by atoms with Crippen LogP contribution < -0.4 is 10.5 Å². The van der Waals surface area contributed by atoms with E-state index in [0.717, 1.165) is 16.7 Å². The maximum atomic E-state index is 14.1. The Balaban J connectivity index is 2.46. The first kappa shape index (κ1) is 14.8. The molecule has 106 valence electrons. The first-order valence-corrected chi connectivity index (χ1v) is 6.67. The summed E-state index contributed by atoms with van der Waals surface area (Å²) in [5.41, 5.74) is 9.39. The highest BCUT2D eigenvalue weighted by Crippen LogP contribution is 2.30. The van der Waals surface area contributed by atoms with Gasteiger partial charge in [0.25, 0.3) is 0 Å². The monoisotopic (exact) mass is 293 g/mol. The van der Waals surface area contributed by atoms with E-state index in [2.05, 4.69) is 0 Å². The lowest BCUT2D eigenvalue weighted by Crippen LogP contribution is -2.15. The van der Waals surface area contributed by atoms with Crippen molar-refractivity contribution in [3.8, 4) is 5.75 Å². The molecular weight excluding hydrogens is 277 g/mol. The molecule has 0 aliphatic carbocycles. The van der Waals surface area contributed by atoms with E-state index in [-0.39, 0.29) is 5.82 Å². The molecule has 4 heteroatoms. The van der Waals surface area contributed by atoms with Gasteiger partial charge in [0.15, 0.2) is 0 Å². The first-order valence-electron chi connectivity index (χ1n) is 6.29. The van der Waals surface area contributed by atoms with Crippen LogP contribution in [0, 0.1) is 19.7 Å². The number of hydrogen-bond donors (Lipinski definition) is 1. The third-order valence-electron chi connectivity index (χ3n) is 3.43. The molecule has 0 heterocycles. The van der Waals surface area contributed by atoms with E-state index in [1.807, 2.05) is 26.0 Å². The van der Waals surface area contributed by atoms with Crippen LogP contribution in [-0.2, 0) is 0 Å². The molecule has 0 aromatic heterocycles. The van der Waals surface area contributed by atoms with Crippen LogP contribution in [0.4, 0.5) is 4.39 Å². The molecule has 1 atom stereocenters. The van der Waals surface area contributed by atoms with Crippen molar-refractivity contribution in [3.63, 3.8) is 0 Å². The Hall–Kier alpha value is -1.58. The van der Waals surface area contributed by atoms with Crippen LogP contribution in [0.25, 0.3) is 0 Å². The summed E-state index contributed by atoms with van der Waals surface area (Å²) in [5.74, 6) is 0.103. The minimum atomic E-state index is -0.531. The van der Waals surface area contributed by atoms with Gasteiger partial charge in [-0.3, -0.25) is 0 Å². The van der Waals surface area contributed by atoms with Crippen LogP contribution in [-0.4, -0.2) is 7.11 Å². The summed E-state index contributed by atoms with van der Waals surface area (Å²) in [7, 11) is 1.50. The van der Waals surface area contributed by atoms with Crippen molar-refractivity contribution in [1.29, 1.82) is 0 Å². The van der Waals surface area contributed by atoms with E-state index in [9.17, 15) is 4.39 Å². The number of ether oxygens (including phenoxy) is 1. The summed E-state index contributed by atoms with van der Waals surface area (Å²) >= 11 is 6.08. The molecule has 2 rings (SSSR count). The Morgan fingerprint density at radius 3 is 2.40 bits per heavy atom. The highest BCUT2D eigenvalue weighted by atomic mass is 35.5. The lowest BCUT2D eigenvalue weighted by atomic mass is 9.94. The van der Waals surface area contributed by atoms with Gasteiger partial charge in [0.05, 0.1) is 13.2 Å². The van der Waals surface area contributed by atoms with E-state index in [1.54, 1.807) is 12.1 Å². The van der Waals surface area contributed by atoms with Crippen molar-refractivity contribution < 1.29 is 9.13 Å². The predicted molar refractivity (Wildman–Crippen MR) is 79.9 cm³/mol. The van der Waals surface area contributed by atoms with Gasteiger partial charge >= 0.3 is 0 Å². The fourth-order valence-corrected chi connectivity index (χ4v) is 2.41. The molecular formula is C16H17ClFNO. The summed E-state index contributed by atoms with van der Waals surface area (Å²) in [5, 5.41) is 0.689. The van der Waals surface area contributed by atoms with E-state index >= 15 is 0 Å². The SMILES string of the molecule is COc1ccc(C(N)c2cc(C)c(Cl)cc2C)c(F)c1. The molecule has 0 saturated heterocycles. The fraction of sp³-hybridized carbons (Fsp3) is 0.250. The van der Waals surface area contributed by atoms with Gasteiger partial charge in [0.2, 0.25) is 0 Å². The molecule has 1 unspecified atom stereocenters. The minimum absolute atomic E-state index is 0.371. The Morgan fingerprint density at radius 1 is 1.10 bits per heavy atom. The largest absolute Gasteiger partial charge is 0.497 e. The molecule has 0 fully saturated rings. The summed E-state index contributed by atoms with van der Waals surface area (Å²) in [6, 6.07) is 7.93. The Bertz CT molecular complexity index is 643. The van der Waals surface area contributed by atoms with Crippen molar-refractivity contribution in [3.05, 3.63) is 63.4 Å². The van der Waals surface area contributed by atoms with Crippen LogP contribution in [0.1, 0.15) is 28.3 Å². The van der Waals surface area contributed by atoms with Crippen LogP contribution in [0.3, 0.4) is 0 Å². The smallest absolute Gasteiger partial charge is 0.132 e. The number of benzene rings is 2. The number of aryl methyl sites for hydroxylation is 2. The molecule has 0 aliphatic heterocycles. The molecule has 20 heavy (non-hydrogen) atoms. The summed E-state index contributed by atoms with van der Waals surface area (Å²) in [4.78, 5) is 0. The van der Waals surface area contributed by atoms with Crippen LogP contribution in [0.5, 0.6) is 5.75 Å². The summed E-state index contributed by atoms with van der Waals surface area (Å²) < 4.78 is 19.1. The maximum absolute atomic E-state index is 14.1. The predicted octanol–water partition coefficient (Wildman–Crippen LogP) is 4.15. The van der Waals surface area contributed by atoms with Gasteiger partial charge in [-0.05, 0) is 42.7 Å². The number of halogens is 2. The zero-order valence-corrected chi connectivity index (χ0v) is 12.5. The molecule has 0 spiro atoms. The average molecular weight is 294 g/mol. The average Bonchev–Trinajstić information content (AvgIpc) is 2.42. The zero-order valence-electron chi connectivity index (χ0n) is 11.7. The number of methoxy groups -OCH3 is 1. The van der Waals surface area contributed by atoms with E-state index in [0.29, 0.717) is 16.3 Å². The zero-order chi connectivity index (χ0) is 14.9. The topological polar surface area (TPSA) is 35.2 Å². The minimum Gasteiger partial charge on any atom is -0.497 e. The molecule has 2 aromatic carbocycles. The van der Waals surface area contributed by atoms with Crippen molar-refractivity contribution in [2.45, 2.75) is 19.9 Å². The molecule has 0 aliphatic rings. The lowest BCUT2D eigenvalue weighted by molar-refractivity contribution is 0.410. The second-order valence-electron chi connectivity index (χ2n) is 4.82. The summed E-state index contributed by atoms with van der Waals surface area (Å²) in [6.07, 6.45) is 0. The van der Waals surface area contributed by atoms with Crippen molar-refractivity contribution in [2.24, 2.45) is 5.73 Å². The number of hydrogen-bond acceptors (Lipinski definition) is 2. The van der Waals surface area contributed by atoms with Gasteiger partial charge in [-0.15, -0.1) is 0 Å². The van der Waals surface area contributed by atoms with Gasteiger partial charge in [-0.2, -0.15) is 0 Å². The number of rotatable bonds is 3. The van der Waals surface area contributed by atoms with Crippen LogP contribution in [0.2, 0.25) is 5.02 Å². The van der Waals surface area contributed by atoms with Gasteiger partial charge in [0.1, 0.15) is 11.6 Å². The Labute approximate surface area is 123 Å². The van der Waals surface area contributed by atoms with E-state index < -0.39 is 6.04 Å². The quantitative estimate of drug-likeness (QED) is 0.922. The lowest BCUT2D eigenvalue weighted by Gasteiger charge is -2.18. The second kappa shape index (κ2) is 5.81. The van der Waals surface area contributed by atoms with E-state index in [4.69, 9.17) is 22.1 Å². The molecule has 2 nitrogen and oxygen atoms in total. The Kier molecular flexibility index (Phi) is 4.31. The fourth-order valence-electron chi connectivity index (χ4n) is 2.19.